The zero-order valence-corrected chi connectivity index (χ0v) is 19.0. The quantitative estimate of drug-likeness (QED) is 0.560. The normalized spacial score (nSPS) is 12.5. The van der Waals surface area contributed by atoms with E-state index in [1.807, 2.05) is 51.1 Å². The van der Waals surface area contributed by atoms with Gasteiger partial charge in [0.1, 0.15) is 17.5 Å². The number of methoxy groups -OCH3 is 1. The minimum absolute atomic E-state index is 0.0585. The van der Waals surface area contributed by atoms with Crippen LogP contribution >= 0.6 is 0 Å². The van der Waals surface area contributed by atoms with Crippen LogP contribution in [-0.2, 0) is 16.0 Å². The smallest absolute Gasteiger partial charge is 0.261 e. The lowest BCUT2D eigenvalue weighted by Crippen LogP contribution is -2.52. The fraction of sp³-hybridized carbons (Fsp3) is 0.440. The molecule has 31 heavy (non-hydrogen) atoms. The molecule has 0 aliphatic carbocycles. The van der Waals surface area contributed by atoms with Crippen molar-refractivity contribution in [2.45, 2.75) is 52.1 Å². The summed E-state index contributed by atoms with van der Waals surface area (Å²) in [6, 6.07) is 16.6. The summed E-state index contributed by atoms with van der Waals surface area (Å²) in [5.74, 6) is 0.964. The maximum absolute atomic E-state index is 13.1. The average Bonchev–Trinajstić information content (AvgIpc) is 2.80. The van der Waals surface area contributed by atoms with Gasteiger partial charge in [-0.3, -0.25) is 9.59 Å². The van der Waals surface area contributed by atoms with Crippen LogP contribution in [0, 0.1) is 0 Å². The predicted octanol–water partition coefficient (Wildman–Crippen LogP) is 3.84. The van der Waals surface area contributed by atoms with E-state index in [4.69, 9.17) is 9.47 Å². The monoisotopic (exact) mass is 426 g/mol. The summed E-state index contributed by atoms with van der Waals surface area (Å²) in [6.07, 6.45) is 2.04. The largest absolute Gasteiger partial charge is 0.497 e. The SMILES string of the molecule is CC[C@@H](C)NC(=O)[C@H](CC)N(CCc1ccccc1)C(=O)COc1ccc(OC)cc1. The second-order valence-corrected chi connectivity index (χ2v) is 7.53. The van der Waals surface area contributed by atoms with Gasteiger partial charge in [0, 0.05) is 12.6 Å². The predicted molar refractivity (Wildman–Crippen MR) is 122 cm³/mol. The number of hydrogen-bond donors (Lipinski definition) is 1. The Labute approximate surface area is 185 Å². The number of carbonyl (C=O) groups is 2. The van der Waals surface area contributed by atoms with Gasteiger partial charge in [0.2, 0.25) is 5.91 Å². The third kappa shape index (κ3) is 7.63. The number of benzene rings is 2. The summed E-state index contributed by atoms with van der Waals surface area (Å²) >= 11 is 0. The Morgan fingerprint density at radius 1 is 0.968 bits per heavy atom. The molecule has 0 radical (unpaired) electrons. The van der Waals surface area contributed by atoms with Gasteiger partial charge in [-0.05, 0) is 56.0 Å². The summed E-state index contributed by atoms with van der Waals surface area (Å²) in [6.45, 7) is 6.23. The van der Waals surface area contributed by atoms with Gasteiger partial charge in [0.15, 0.2) is 6.61 Å². The molecule has 1 N–H and O–H groups in total. The molecule has 2 aromatic carbocycles. The molecular formula is C25H34N2O4. The molecule has 0 saturated carbocycles. The highest BCUT2D eigenvalue weighted by Gasteiger charge is 2.29. The van der Waals surface area contributed by atoms with Crippen molar-refractivity contribution in [3.05, 3.63) is 60.2 Å². The maximum Gasteiger partial charge on any atom is 0.261 e. The minimum atomic E-state index is -0.537. The number of amides is 2. The van der Waals surface area contributed by atoms with Crippen LogP contribution in [0.4, 0.5) is 0 Å². The van der Waals surface area contributed by atoms with Crippen molar-refractivity contribution in [2.24, 2.45) is 0 Å². The van der Waals surface area contributed by atoms with E-state index < -0.39 is 6.04 Å². The summed E-state index contributed by atoms with van der Waals surface area (Å²) < 4.78 is 10.8. The summed E-state index contributed by atoms with van der Waals surface area (Å²) in [4.78, 5) is 27.7. The molecule has 2 atom stereocenters. The van der Waals surface area contributed by atoms with E-state index in [0.29, 0.717) is 25.1 Å². The van der Waals surface area contributed by atoms with E-state index in [9.17, 15) is 9.59 Å². The Bertz CT molecular complexity index is 808. The molecule has 0 unspecified atom stereocenters. The zero-order chi connectivity index (χ0) is 22.6. The van der Waals surface area contributed by atoms with Crippen LogP contribution in [0.25, 0.3) is 0 Å². The lowest BCUT2D eigenvalue weighted by atomic mass is 10.1. The van der Waals surface area contributed by atoms with Gasteiger partial charge in [0.05, 0.1) is 7.11 Å². The molecule has 0 aromatic heterocycles. The number of hydrogen-bond acceptors (Lipinski definition) is 4. The van der Waals surface area contributed by atoms with Crippen molar-refractivity contribution in [1.29, 1.82) is 0 Å². The van der Waals surface area contributed by atoms with Crippen LogP contribution in [0.15, 0.2) is 54.6 Å². The van der Waals surface area contributed by atoms with E-state index in [1.165, 1.54) is 0 Å². The fourth-order valence-electron chi connectivity index (χ4n) is 3.24. The molecule has 0 heterocycles. The van der Waals surface area contributed by atoms with Crippen molar-refractivity contribution in [1.82, 2.24) is 10.2 Å². The topological polar surface area (TPSA) is 67.9 Å². The number of rotatable bonds is 12. The van der Waals surface area contributed by atoms with Crippen LogP contribution in [0.1, 0.15) is 39.2 Å². The molecule has 0 saturated heterocycles. The molecule has 0 aliphatic heterocycles. The highest BCUT2D eigenvalue weighted by molar-refractivity contribution is 5.88. The minimum Gasteiger partial charge on any atom is -0.497 e. The number of ether oxygens (including phenoxy) is 2. The van der Waals surface area contributed by atoms with Crippen molar-refractivity contribution in [2.75, 3.05) is 20.3 Å². The first-order valence-electron chi connectivity index (χ1n) is 10.9. The van der Waals surface area contributed by atoms with Gasteiger partial charge < -0.3 is 19.7 Å². The third-order valence-corrected chi connectivity index (χ3v) is 5.29. The van der Waals surface area contributed by atoms with Crippen LogP contribution in [0.2, 0.25) is 0 Å². The van der Waals surface area contributed by atoms with Crippen LogP contribution in [-0.4, -0.2) is 49.1 Å². The number of nitrogens with one attached hydrogen (secondary N) is 1. The summed E-state index contributed by atoms with van der Waals surface area (Å²) in [5, 5.41) is 3.01. The van der Waals surface area contributed by atoms with Crippen LogP contribution in [0.3, 0.4) is 0 Å². The molecule has 0 fully saturated rings. The van der Waals surface area contributed by atoms with E-state index in [0.717, 1.165) is 17.7 Å². The summed E-state index contributed by atoms with van der Waals surface area (Å²) in [7, 11) is 1.60. The lowest BCUT2D eigenvalue weighted by molar-refractivity contribution is -0.142. The van der Waals surface area contributed by atoms with Gasteiger partial charge >= 0.3 is 0 Å². The van der Waals surface area contributed by atoms with Gasteiger partial charge in [0.25, 0.3) is 5.91 Å². The second kappa shape index (κ2) is 12.6. The molecule has 0 bridgehead atoms. The van der Waals surface area contributed by atoms with Gasteiger partial charge in [-0.1, -0.05) is 44.2 Å². The number of carbonyl (C=O) groups excluding carboxylic acids is 2. The van der Waals surface area contributed by atoms with E-state index in [2.05, 4.69) is 5.32 Å². The second-order valence-electron chi connectivity index (χ2n) is 7.53. The first kappa shape index (κ1) is 24.3. The van der Waals surface area contributed by atoms with Gasteiger partial charge in [-0.15, -0.1) is 0 Å². The molecule has 6 nitrogen and oxygen atoms in total. The first-order chi connectivity index (χ1) is 15.0. The Morgan fingerprint density at radius 3 is 2.19 bits per heavy atom. The highest BCUT2D eigenvalue weighted by Crippen LogP contribution is 2.17. The maximum atomic E-state index is 13.1. The van der Waals surface area contributed by atoms with Crippen molar-refractivity contribution in [3.8, 4) is 11.5 Å². The molecule has 2 amide bonds. The van der Waals surface area contributed by atoms with Gasteiger partial charge in [-0.25, -0.2) is 0 Å². The van der Waals surface area contributed by atoms with Crippen molar-refractivity contribution in [3.63, 3.8) is 0 Å². The molecular weight excluding hydrogens is 392 g/mol. The Kier molecular flexibility index (Phi) is 9.88. The highest BCUT2D eigenvalue weighted by atomic mass is 16.5. The number of nitrogens with zero attached hydrogens (tertiary/aromatic N) is 1. The van der Waals surface area contributed by atoms with Crippen LogP contribution in [0.5, 0.6) is 11.5 Å². The van der Waals surface area contributed by atoms with E-state index in [-0.39, 0.29) is 24.5 Å². The molecule has 2 rings (SSSR count). The molecule has 0 spiro atoms. The summed E-state index contributed by atoms with van der Waals surface area (Å²) in [5.41, 5.74) is 1.12. The standard InChI is InChI=1S/C25H34N2O4/c1-5-19(3)26-25(29)23(6-2)27(17-16-20-10-8-7-9-11-20)24(28)18-31-22-14-12-21(30-4)13-15-22/h7-15,19,23H,5-6,16-18H2,1-4H3,(H,26,29)/t19-,23+/m1/s1. The van der Waals surface area contributed by atoms with E-state index >= 15 is 0 Å². The fourth-order valence-corrected chi connectivity index (χ4v) is 3.24. The third-order valence-electron chi connectivity index (χ3n) is 5.29. The van der Waals surface area contributed by atoms with E-state index in [1.54, 1.807) is 36.3 Å². The van der Waals surface area contributed by atoms with Gasteiger partial charge in [-0.2, -0.15) is 0 Å². The lowest BCUT2D eigenvalue weighted by Gasteiger charge is -2.31. The van der Waals surface area contributed by atoms with Crippen molar-refractivity contribution < 1.29 is 19.1 Å². The molecule has 168 valence electrons. The Hall–Kier alpha value is -3.02. The Balaban J connectivity index is 2.11. The molecule has 0 aliphatic rings. The Morgan fingerprint density at radius 2 is 1.61 bits per heavy atom. The van der Waals surface area contributed by atoms with Crippen molar-refractivity contribution >= 4 is 11.8 Å². The van der Waals surface area contributed by atoms with Crippen LogP contribution < -0.4 is 14.8 Å². The average molecular weight is 427 g/mol. The zero-order valence-electron chi connectivity index (χ0n) is 19.0. The first-order valence-corrected chi connectivity index (χ1v) is 10.9. The molecule has 6 heteroatoms. The molecule has 2 aromatic rings.